The van der Waals surface area contributed by atoms with Gasteiger partial charge in [-0.25, -0.2) is 0 Å². The lowest BCUT2D eigenvalue weighted by Gasteiger charge is -2.31. The van der Waals surface area contributed by atoms with Crippen molar-refractivity contribution in [3.05, 3.63) is 64.8 Å². The number of anilines is 1. The van der Waals surface area contributed by atoms with E-state index in [4.69, 9.17) is 4.52 Å². The molecule has 3 aromatic rings. The number of nitrogens with zero attached hydrogens (tertiary/aromatic N) is 4. The fraction of sp³-hybridized carbons (Fsp3) is 0.417. The number of hydrogen-bond donors (Lipinski definition) is 1. The number of piperidine rings is 1. The van der Waals surface area contributed by atoms with Crippen LogP contribution < -0.4 is 4.90 Å². The lowest BCUT2D eigenvalue weighted by atomic mass is 9.92. The van der Waals surface area contributed by atoms with Gasteiger partial charge in [0.15, 0.2) is 11.4 Å². The zero-order chi connectivity index (χ0) is 22.1. The Bertz CT molecular complexity index is 1110. The van der Waals surface area contributed by atoms with Crippen LogP contribution in [-0.4, -0.2) is 52.2 Å². The molecule has 0 atom stereocenters. The summed E-state index contributed by atoms with van der Waals surface area (Å²) in [7, 11) is 1.75. The Kier molecular flexibility index (Phi) is 5.51. The van der Waals surface area contributed by atoms with Crippen molar-refractivity contribution in [3.8, 4) is 0 Å². The molecular formula is C24H27N5O3. The molecule has 0 saturated carbocycles. The Morgan fingerprint density at radius 1 is 1.12 bits per heavy atom. The molecule has 0 spiro atoms. The van der Waals surface area contributed by atoms with Gasteiger partial charge in [-0.1, -0.05) is 23.4 Å². The van der Waals surface area contributed by atoms with Gasteiger partial charge < -0.3 is 14.3 Å². The second kappa shape index (κ2) is 8.61. The molecule has 5 rings (SSSR count). The van der Waals surface area contributed by atoms with E-state index in [-0.39, 0.29) is 17.7 Å². The Hall–Kier alpha value is -3.42. The number of benzene rings is 1. The van der Waals surface area contributed by atoms with E-state index >= 15 is 0 Å². The molecule has 1 aliphatic carbocycles. The first-order chi connectivity index (χ1) is 15.6. The van der Waals surface area contributed by atoms with Crippen molar-refractivity contribution in [2.45, 2.75) is 44.4 Å². The number of nitrogens with one attached hydrogen (secondary N) is 1. The molecule has 2 aromatic heterocycles. The minimum Gasteiger partial charge on any atom is -0.360 e. The normalized spacial score (nSPS) is 16.6. The molecule has 8 nitrogen and oxygen atoms in total. The van der Waals surface area contributed by atoms with Gasteiger partial charge >= 0.3 is 0 Å². The van der Waals surface area contributed by atoms with E-state index in [9.17, 15) is 9.59 Å². The summed E-state index contributed by atoms with van der Waals surface area (Å²) < 4.78 is 5.42. The Labute approximate surface area is 186 Å². The number of para-hydroxylation sites is 1. The highest BCUT2D eigenvalue weighted by atomic mass is 16.5. The number of rotatable bonds is 4. The first-order valence-corrected chi connectivity index (χ1v) is 11.3. The minimum atomic E-state index is -0.151. The average molecular weight is 434 g/mol. The number of carbonyl (C=O) groups is 2. The highest BCUT2D eigenvalue weighted by Gasteiger charge is 2.31. The molecule has 2 aliphatic rings. The highest BCUT2D eigenvalue weighted by Crippen LogP contribution is 2.30. The van der Waals surface area contributed by atoms with Crippen LogP contribution in [0.3, 0.4) is 0 Å². The summed E-state index contributed by atoms with van der Waals surface area (Å²) in [6.45, 7) is 1.30. The van der Waals surface area contributed by atoms with Crippen molar-refractivity contribution >= 4 is 17.5 Å². The van der Waals surface area contributed by atoms with Gasteiger partial charge in [0.2, 0.25) is 0 Å². The van der Waals surface area contributed by atoms with Crippen LogP contribution in [0.15, 0.2) is 40.9 Å². The van der Waals surface area contributed by atoms with E-state index in [0.717, 1.165) is 61.2 Å². The SMILES string of the molecule is CN(C(=O)c1cc(C2CCN(C(=O)c3noc4c3CCCC4)CC2)[nH]n1)c1ccccc1. The predicted molar refractivity (Wildman–Crippen MR) is 119 cm³/mol. The number of carbonyl (C=O) groups excluding carboxylic acids is 2. The van der Waals surface area contributed by atoms with Crippen molar-refractivity contribution < 1.29 is 14.1 Å². The summed E-state index contributed by atoms with van der Waals surface area (Å²) in [6, 6.07) is 11.4. The Morgan fingerprint density at radius 3 is 2.66 bits per heavy atom. The number of H-pyrrole nitrogens is 1. The molecule has 166 valence electrons. The molecule has 1 saturated heterocycles. The van der Waals surface area contributed by atoms with Gasteiger partial charge in [0, 0.05) is 49.4 Å². The first-order valence-electron chi connectivity index (χ1n) is 11.3. The van der Waals surface area contributed by atoms with Crippen LogP contribution in [0.2, 0.25) is 0 Å². The third kappa shape index (κ3) is 3.81. The minimum absolute atomic E-state index is 0.0275. The molecule has 0 radical (unpaired) electrons. The molecule has 0 unspecified atom stereocenters. The summed E-state index contributed by atoms with van der Waals surface area (Å²) in [5.41, 5.74) is 3.67. The number of fused-ring (bicyclic) bond motifs is 1. The lowest BCUT2D eigenvalue weighted by Crippen LogP contribution is -2.38. The van der Waals surface area contributed by atoms with Gasteiger partial charge in [0.1, 0.15) is 5.76 Å². The van der Waals surface area contributed by atoms with Crippen molar-refractivity contribution in [1.29, 1.82) is 0 Å². The maximum atomic E-state index is 13.0. The molecular weight excluding hydrogens is 406 g/mol. The Morgan fingerprint density at radius 2 is 1.88 bits per heavy atom. The number of likely N-dealkylation sites (tertiary alicyclic amines) is 1. The zero-order valence-electron chi connectivity index (χ0n) is 18.2. The topological polar surface area (TPSA) is 95.3 Å². The highest BCUT2D eigenvalue weighted by molar-refractivity contribution is 6.04. The maximum absolute atomic E-state index is 13.0. The second-order valence-corrected chi connectivity index (χ2v) is 8.61. The van der Waals surface area contributed by atoms with E-state index in [2.05, 4.69) is 15.4 Å². The second-order valence-electron chi connectivity index (χ2n) is 8.61. The van der Waals surface area contributed by atoms with Gasteiger partial charge in [-0.05, 0) is 50.3 Å². The zero-order valence-corrected chi connectivity index (χ0v) is 18.2. The number of hydrogen-bond acceptors (Lipinski definition) is 5. The smallest absolute Gasteiger partial charge is 0.278 e. The van der Waals surface area contributed by atoms with E-state index in [1.54, 1.807) is 11.9 Å². The number of aryl methyl sites for hydroxylation is 1. The summed E-state index contributed by atoms with van der Waals surface area (Å²) in [5.74, 6) is 0.938. The molecule has 32 heavy (non-hydrogen) atoms. The molecule has 1 N–H and O–H groups in total. The lowest BCUT2D eigenvalue weighted by molar-refractivity contribution is 0.0700. The molecule has 1 aliphatic heterocycles. The van der Waals surface area contributed by atoms with Crippen molar-refractivity contribution in [1.82, 2.24) is 20.3 Å². The number of aromatic nitrogens is 3. The fourth-order valence-electron chi connectivity index (χ4n) is 4.69. The maximum Gasteiger partial charge on any atom is 0.278 e. The van der Waals surface area contributed by atoms with Crippen molar-refractivity contribution in [2.24, 2.45) is 0 Å². The molecule has 2 amide bonds. The van der Waals surface area contributed by atoms with Crippen LogP contribution in [-0.2, 0) is 12.8 Å². The molecule has 8 heteroatoms. The van der Waals surface area contributed by atoms with Gasteiger partial charge in [-0.15, -0.1) is 0 Å². The number of amides is 2. The largest absolute Gasteiger partial charge is 0.360 e. The third-order valence-electron chi connectivity index (χ3n) is 6.64. The quantitative estimate of drug-likeness (QED) is 0.679. The monoisotopic (exact) mass is 433 g/mol. The Balaban J connectivity index is 1.22. The number of aromatic amines is 1. The van der Waals surface area contributed by atoms with Crippen LogP contribution in [0.25, 0.3) is 0 Å². The average Bonchev–Trinajstić information content (AvgIpc) is 3.51. The van der Waals surface area contributed by atoms with Crippen LogP contribution in [0.5, 0.6) is 0 Å². The summed E-state index contributed by atoms with van der Waals surface area (Å²) in [6.07, 6.45) is 5.55. The van der Waals surface area contributed by atoms with E-state index in [1.807, 2.05) is 41.3 Å². The molecule has 1 aromatic carbocycles. The van der Waals surface area contributed by atoms with Crippen LogP contribution in [0, 0.1) is 0 Å². The fourth-order valence-corrected chi connectivity index (χ4v) is 4.69. The third-order valence-corrected chi connectivity index (χ3v) is 6.64. The van der Waals surface area contributed by atoms with Gasteiger partial charge in [0.05, 0.1) is 0 Å². The van der Waals surface area contributed by atoms with Crippen LogP contribution in [0.4, 0.5) is 5.69 Å². The van der Waals surface area contributed by atoms with Crippen molar-refractivity contribution in [3.63, 3.8) is 0 Å². The molecule has 1 fully saturated rings. The van der Waals surface area contributed by atoms with E-state index in [0.29, 0.717) is 24.5 Å². The summed E-state index contributed by atoms with van der Waals surface area (Å²) >= 11 is 0. The van der Waals surface area contributed by atoms with Gasteiger partial charge in [0.25, 0.3) is 11.8 Å². The van der Waals surface area contributed by atoms with Crippen LogP contribution >= 0.6 is 0 Å². The molecule has 3 heterocycles. The predicted octanol–water partition coefficient (Wildman–Crippen LogP) is 3.57. The van der Waals surface area contributed by atoms with Gasteiger partial charge in [-0.3, -0.25) is 14.7 Å². The summed E-state index contributed by atoms with van der Waals surface area (Å²) in [5, 5.41) is 11.4. The standard InChI is InChI=1S/C24H27N5O3/c1-28(17-7-3-2-4-8-17)23(30)20-15-19(25-26-20)16-11-13-29(14-12-16)24(31)22-18-9-5-6-10-21(18)32-27-22/h2-4,7-8,15-16H,5-6,9-14H2,1H3,(H,25,26). The first kappa shape index (κ1) is 20.5. The van der Waals surface area contributed by atoms with Crippen molar-refractivity contribution in [2.75, 3.05) is 25.0 Å². The van der Waals surface area contributed by atoms with E-state index in [1.165, 1.54) is 0 Å². The van der Waals surface area contributed by atoms with Crippen LogP contribution in [0.1, 0.15) is 69.6 Å². The van der Waals surface area contributed by atoms with Gasteiger partial charge in [-0.2, -0.15) is 5.10 Å². The summed E-state index contributed by atoms with van der Waals surface area (Å²) in [4.78, 5) is 29.3. The molecule has 0 bridgehead atoms. The van der Waals surface area contributed by atoms with E-state index < -0.39 is 0 Å².